The Balaban J connectivity index is 1.95. The smallest absolute Gasteiger partial charge is 0.128 e. The summed E-state index contributed by atoms with van der Waals surface area (Å²) in [6, 6.07) is 13.4. The van der Waals surface area contributed by atoms with E-state index in [9.17, 15) is 4.39 Å². The van der Waals surface area contributed by atoms with E-state index in [2.05, 4.69) is 31.1 Å². The van der Waals surface area contributed by atoms with Crippen molar-refractivity contribution in [1.29, 1.82) is 0 Å². The quantitative estimate of drug-likeness (QED) is 0.296. The van der Waals surface area contributed by atoms with Crippen molar-refractivity contribution in [3.8, 4) is 0 Å². The standard InChI is InChI=1S/C30H33ClFN3/c1-8-35(17-26-21(7)11-20(6)12-28(26)32)30-10-9-22(13-24(30)18(2)3)14-25-27(31)15-23(16-29(25)33)34-19(4)5/h8-13,15-16,34H,1-2,4,14,17,33H2,3,5-7H3. The van der Waals surface area contributed by atoms with Crippen LogP contribution in [0.5, 0.6) is 0 Å². The molecule has 0 heterocycles. The number of benzene rings is 3. The topological polar surface area (TPSA) is 41.3 Å². The molecule has 3 N–H and O–H groups in total. The second-order valence-corrected chi connectivity index (χ2v) is 9.50. The SMILES string of the molecule is C=CN(Cc1c(C)cc(C)cc1F)c1ccc(Cc2c(N)cc(NC(=C)C)cc2Cl)cc1C(=C)C. The minimum Gasteiger partial charge on any atom is -0.398 e. The van der Waals surface area contributed by atoms with Crippen LogP contribution in [-0.4, -0.2) is 0 Å². The van der Waals surface area contributed by atoms with Crippen LogP contribution in [0.25, 0.3) is 5.57 Å². The van der Waals surface area contributed by atoms with Crippen molar-refractivity contribution in [2.45, 2.75) is 40.7 Å². The summed E-state index contributed by atoms with van der Waals surface area (Å²) in [6.45, 7) is 20.1. The third-order valence-corrected chi connectivity index (χ3v) is 6.25. The van der Waals surface area contributed by atoms with Gasteiger partial charge in [0, 0.05) is 45.3 Å². The Morgan fingerprint density at radius 1 is 1.09 bits per heavy atom. The molecule has 3 aromatic carbocycles. The lowest BCUT2D eigenvalue weighted by atomic mass is 9.96. The molecular weight excluding hydrogens is 457 g/mol. The van der Waals surface area contributed by atoms with Crippen LogP contribution in [0.1, 0.15) is 47.2 Å². The predicted molar refractivity (Wildman–Crippen MR) is 151 cm³/mol. The number of hydrogen-bond acceptors (Lipinski definition) is 3. The molecule has 3 aromatic rings. The second kappa shape index (κ2) is 10.8. The van der Waals surface area contributed by atoms with Gasteiger partial charge in [-0.05, 0) is 92.1 Å². The first-order chi connectivity index (χ1) is 16.5. The van der Waals surface area contributed by atoms with Gasteiger partial charge < -0.3 is 16.0 Å². The van der Waals surface area contributed by atoms with Crippen LogP contribution >= 0.6 is 11.6 Å². The number of allylic oxidation sites excluding steroid dienone is 2. The van der Waals surface area contributed by atoms with Gasteiger partial charge in [0.05, 0.1) is 6.54 Å². The summed E-state index contributed by atoms with van der Waals surface area (Å²) >= 11 is 6.58. The highest BCUT2D eigenvalue weighted by molar-refractivity contribution is 6.32. The average molecular weight is 490 g/mol. The van der Waals surface area contributed by atoms with Crippen LogP contribution in [0.2, 0.25) is 5.02 Å². The molecule has 0 aromatic heterocycles. The molecule has 3 nitrogen and oxygen atoms in total. The molecule has 0 radical (unpaired) electrons. The molecular formula is C30H33ClFN3. The number of anilines is 3. The molecule has 0 spiro atoms. The monoisotopic (exact) mass is 489 g/mol. The zero-order valence-electron chi connectivity index (χ0n) is 20.9. The summed E-state index contributed by atoms with van der Waals surface area (Å²) < 4.78 is 14.8. The van der Waals surface area contributed by atoms with Crippen LogP contribution in [0.3, 0.4) is 0 Å². The Bertz CT molecular complexity index is 1260. The number of nitrogens with one attached hydrogen (secondary N) is 1. The number of nitrogens with zero attached hydrogens (tertiary/aromatic N) is 1. The Labute approximate surface area is 213 Å². The first-order valence-corrected chi connectivity index (χ1v) is 11.8. The number of rotatable bonds is 9. The number of aryl methyl sites for hydroxylation is 2. The normalized spacial score (nSPS) is 10.7. The lowest BCUT2D eigenvalue weighted by molar-refractivity contribution is 0.606. The fraction of sp³-hybridized carbons (Fsp3) is 0.200. The van der Waals surface area contributed by atoms with Gasteiger partial charge in [0.25, 0.3) is 0 Å². The average Bonchev–Trinajstić information content (AvgIpc) is 2.75. The molecule has 0 aliphatic heterocycles. The van der Waals surface area contributed by atoms with Gasteiger partial charge in [0.2, 0.25) is 0 Å². The van der Waals surface area contributed by atoms with E-state index in [1.54, 1.807) is 12.3 Å². The number of nitrogens with two attached hydrogens (primary N) is 1. The van der Waals surface area contributed by atoms with E-state index in [1.807, 2.05) is 62.9 Å². The summed E-state index contributed by atoms with van der Waals surface area (Å²) in [6.07, 6.45) is 2.29. The summed E-state index contributed by atoms with van der Waals surface area (Å²) in [4.78, 5) is 1.95. The third kappa shape index (κ3) is 6.14. The van der Waals surface area contributed by atoms with Gasteiger partial charge in [0.1, 0.15) is 5.82 Å². The summed E-state index contributed by atoms with van der Waals surface area (Å²) in [5.74, 6) is -0.211. The van der Waals surface area contributed by atoms with Crippen LogP contribution in [-0.2, 0) is 13.0 Å². The van der Waals surface area contributed by atoms with Gasteiger partial charge >= 0.3 is 0 Å². The van der Waals surface area contributed by atoms with Gasteiger partial charge in [0.15, 0.2) is 0 Å². The number of nitrogen functional groups attached to an aromatic ring is 1. The zero-order chi connectivity index (χ0) is 25.9. The van der Waals surface area contributed by atoms with E-state index >= 15 is 0 Å². The highest BCUT2D eigenvalue weighted by Crippen LogP contribution is 2.34. The van der Waals surface area contributed by atoms with Crippen molar-refractivity contribution in [2.75, 3.05) is 16.0 Å². The summed E-state index contributed by atoms with van der Waals surface area (Å²) in [5.41, 5.74) is 15.7. The fourth-order valence-electron chi connectivity index (χ4n) is 4.22. The minimum absolute atomic E-state index is 0.211. The maximum Gasteiger partial charge on any atom is 0.128 e. The van der Waals surface area contributed by atoms with Crippen LogP contribution in [0.4, 0.5) is 21.5 Å². The first kappa shape index (κ1) is 26.1. The molecule has 5 heteroatoms. The van der Waals surface area contributed by atoms with Gasteiger partial charge in [-0.1, -0.05) is 43.5 Å². The molecule has 0 fully saturated rings. The van der Waals surface area contributed by atoms with E-state index in [4.69, 9.17) is 17.3 Å². The van der Waals surface area contributed by atoms with Crippen molar-refractivity contribution in [1.82, 2.24) is 0 Å². The highest BCUT2D eigenvalue weighted by Gasteiger charge is 2.16. The first-order valence-electron chi connectivity index (χ1n) is 11.4. The van der Waals surface area contributed by atoms with Gasteiger partial charge in [-0.25, -0.2) is 4.39 Å². The van der Waals surface area contributed by atoms with Crippen molar-refractivity contribution in [2.24, 2.45) is 0 Å². The van der Waals surface area contributed by atoms with Crippen molar-refractivity contribution in [3.05, 3.63) is 118 Å². The maximum absolute atomic E-state index is 14.8. The molecule has 3 rings (SSSR count). The Morgan fingerprint density at radius 2 is 1.80 bits per heavy atom. The number of halogens is 2. The molecule has 0 aliphatic rings. The summed E-state index contributed by atoms with van der Waals surface area (Å²) in [5, 5.41) is 3.74. The van der Waals surface area contributed by atoms with Gasteiger partial charge in [-0.2, -0.15) is 0 Å². The van der Waals surface area contributed by atoms with E-state index in [1.165, 1.54) is 0 Å². The van der Waals surface area contributed by atoms with Crippen molar-refractivity contribution >= 4 is 34.2 Å². The van der Waals surface area contributed by atoms with Crippen molar-refractivity contribution < 1.29 is 4.39 Å². The van der Waals surface area contributed by atoms with Crippen molar-refractivity contribution in [3.63, 3.8) is 0 Å². The highest BCUT2D eigenvalue weighted by atomic mass is 35.5. The number of hydrogen-bond donors (Lipinski definition) is 2. The van der Waals surface area contributed by atoms with E-state index in [0.717, 1.165) is 50.5 Å². The van der Waals surface area contributed by atoms with Gasteiger partial charge in [-0.15, -0.1) is 0 Å². The van der Waals surface area contributed by atoms with E-state index in [-0.39, 0.29) is 5.82 Å². The van der Waals surface area contributed by atoms with E-state index in [0.29, 0.717) is 29.2 Å². The Kier molecular flexibility index (Phi) is 8.08. The molecule has 35 heavy (non-hydrogen) atoms. The largest absolute Gasteiger partial charge is 0.398 e. The lowest BCUT2D eigenvalue weighted by Gasteiger charge is -2.25. The lowest BCUT2D eigenvalue weighted by Crippen LogP contribution is -2.18. The Hall–Kier alpha value is -3.50. The molecule has 0 bridgehead atoms. The molecule has 0 atom stereocenters. The Morgan fingerprint density at radius 3 is 2.37 bits per heavy atom. The minimum atomic E-state index is -0.211. The summed E-state index contributed by atoms with van der Waals surface area (Å²) in [7, 11) is 0. The molecule has 0 amide bonds. The second-order valence-electron chi connectivity index (χ2n) is 9.09. The van der Waals surface area contributed by atoms with Crippen LogP contribution in [0.15, 0.2) is 74.1 Å². The maximum atomic E-state index is 14.8. The van der Waals surface area contributed by atoms with Crippen LogP contribution in [0, 0.1) is 19.7 Å². The zero-order valence-corrected chi connectivity index (χ0v) is 21.7. The fourth-order valence-corrected chi connectivity index (χ4v) is 4.51. The molecule has 0 saturated heterocycles. The molecule has 0 aliphatic carbocycles. The van der Waals surface area contributed by atoms with E-state index < -0.39 is 0 Å². The molecule has 182 valence electrons. The van der Waals surface area contributed by atoms with Crippen LogP contribution < -0.4 is 16.0 Å². The van der Waals surface area contributed by atoms with Gasteiger partial charge in [-0.3, -0.25) is 0 Å². The molecule has 0 saturated carbocycles. The predicted octanol–water partition coefficient (Wildman–Crippen LogP) is 8.40. The third-order valence-electron chi connectivity index (χ3n) is 5.91. The molecule has 0 unspecified atom stereocenters.